The smallest absolute Gasteiger partial charge is 0.0482 e. The second-order valence-electron chi connectivity index (χ2n) is 10.6. The van der Waals surface area contributed by atoms with Gasteiger partial charge in [0.1, 0.15) is 0 Å². The number of H-pyrrole nitrogens is 2. The predicted octanol–water partition coefficient (Wildman–Crippen LogP) is 7.84. The van der Waals surface area contributed by atoms with Gasteiger partial charge in [-0.05, 0) is 87.1 Å². The Morgan fingerprint density at radius 1 is 0.474 bits per heavy atom. The van der Waals surface area contributed by atoms with E-state index in [1.807, 2.05) is 0 Å². The van der Waals surface area contributed by atoms with E-state index in [1.54, 1.807) is 0 Å². The van der Waals surface area contributed by atoms with Gasteiger partial charge in [-0.2, -0.15) is 0 Å². The lowest BCUT2D eigenvalue weighted by molar-refractivity contribution is 1.02. The fraction of sp³-hybridized carbons (Fsp3) is 0.176. The fourth-order valence-electron chi connectivity index (χ4n) is 5.53. The topological polar surface area (TPSA) is 57.4 Å². The maximum atomic E-state index is 5.02. The van der Waals surface area contributed by atoms with Crippen molar-refractivity contribution in [2.45, 2.75) is 39.5 Å². The van der Waals surface area contributed by atoms with E-state index in [4.69, 9.17) is 9.97 Å². The van der Waals surface area contributed by atoms with Crippen molar-refractivity contribution in [2.75, 3.05) is 0 Å². The number of rotatable bonds is 2. The predicted molar refractivity (Wildman–Crippen MR) is 156 cm³/mol. The second-order valence-corrected chi connectivity index (χ2v) is 10.6. The van der Waals surface area contributed by atoms with Crippen molar-refractivity contribution < 1.29 is 0 Å². The van der Waals surface area contributed by atoms with Crippen molar-refractivity contribution in [3.05, 3.63) is 119 Å². The van der Waals surface area contributed by atoms with E-state index >= 15 is 0 Å². The van der Waals surface area contributed by atoms with Crippen LogP contribution < -0.4 is 0 Å². The Kier molecular flexibility index (Phi) is 5.47. The van der Waals surface area contributed by atoms with Crippen molar-refractivity contribution >= 4 is 22.1 Å². The van der Waals surface area contributed by atoms with Crippen LogP contribution in [0, 0.1) is 13.8 Å². The van der Waals surface area contributed by atoms with Gasteiger partial charge >= 0.3 is 0 Å². The van der Waals surface area contributed by atoms with Crippen LogP contribution in [0.25, 0.3) is 44.3 Å². The molecule has 186 valence electrons. The highest BCUT2D eigenvalue weighted by Gasteiger charge is 2.12. The van der Waals surface area contributed by atoms with Gasteiger partial charge in [0, 0.05) is 56.0 Å². The van der Waals surface area contributed by atoms with Crippen LogP contribution in [0.15, 0.2) is 84.9 Å². The molecule has 2 N–H and O–H groups in total. The first kappa shape index (κ1) is 22.7. The molecular weight excluding hydrogens is 464 g/mol. The first-order chi connectivity index (χ1) is 18.6. The molecule has 0 radical (unpaired) electrons. The molecule has 5 aromatic rings. The Hall–Kier alpha value is -4.44. The minimum Gasteiger partial charge on any atom is -0.355 e. The van der Waals surface area contributed by atoms with E-state index in [-0.39, 0.29) is 0 Å². The number of benzene rings is 2. The molecule has 3 aromatic heterocycles. The van der Waals surface area contributed by atoms with Gasteiger partial charge in [-0.15, -0.1) is 0 Å². The van der Waals surface area contributed by atoms with Crippen LogP contribution in [-0.2, 0) is 25.7 Å². The summed E-state index contributed by atoms with van der Waals surface area (Å²) in [6.45, 7) is 4.25. The van der Waals surface area contributed by atoms with Gasteiger partial charge in [0.05, 0.1) is 0 Å². The summed E-state index contributed by atoms with van der Waals surface area (Å²) in [4.78, 5) is 17.4. The number of aryl methyl sites for hydroxylation is 6. The molecule has 0 fully saturated rings. The first-order valence-corrected chi connectivity index (χ1v) is 13.4. The molecule has 0 saturated carbocycles. The van der Waals surface area contributed by atoms with E-state index in [0.717, 1.165) is 70.5 Å². The molecule has 7 rings (SSSR count). The van der Waals surface area contributed by atoms with Crippen molar-refractivity contribution in [1.29, 1.82) is 0 Å². The van der Waals surface area contributed by atoms with Crippen molar-refractivity contribution in [1.82, 2.24) is 19.9 Å². The highest BCUT2D eigenvalue weighted by atomic mass is 14.8. The van der Waals surface area contributed by atoms with E-state index in [2.05, 4.69) is 109 Å². The molecule has 5 heterocycles. The maximum Gasteiger partial charge on any atom is 0.0482 e. The molecule has 8 bridgehead atoms. The number of fused-ring (bicyclic) bond motifs is 8. The van der Waals surface area contributed by atoms with Crippen LogP contribution in [0.1, 0.15) is 33.9 Å². The van der Waals surface area contributed by atoms with Gasteiger partial charge in [-0.3, -0.25) is 9.97 Å². The third-order valence-corrected chi connectivity index (χ3v) is 7.58. The summed E-state index contributed by atoms with van der Waals surface area (Å²) in [7, 11) is 0. The van der Waals surface area contributed by atoms with Crippen LogP contribution in [0.4, 0.5) is 0 Å². The van der Waals surface area contributed by atoms with Crippen molar-refractivity contribution in [2.24, 2.45) is 0 Å². The van der Waals surface area contributed by atoms with Crippen molar-refractivity contribution in [3.63, 3.8) is 0 Å². The molecule has 2 aromatic carbocycles. The molecule has 2 aliphatic heterocycles. The normalized spacial score (nSPS) is 13.1. The SMILES string of the molecule is Cc1ccc(-c2cc3cc4nc(cc5[nH]c(cc6nc(cc2[nH]3)CC6)cc5-c2ccc(C)cc2)CC4)cc1. The Labute approximate surface area is 222 Å². The number of aromatic amines is 2. The number of hydrogen-bond donors (Lipinski definition) is 2. The summed E-state index contributed by atoms with van der Waals surface area (Å²) in [5, 5.41) is 0. The van der Waals surface area contributed by atoms with E-state index in [0.29, 0.717) is 0 Å². The molecule has 4 heteroatoms. The van der Waals surface area contributed by atoms with Crippen LogP contribution in [0.2, 0.25) is 0 Å². The standard InChI is InChI=1S/C34H30N4/c1-21-3-7-23(8-4-21)31-17-29-15-25-12-14-28(36-25)20-34-32(24-9-5-22(2)6-10-24)18-30(38-34)16-26-11-13-27(35-26)19-33(31)37-29/h3-10,15-20,37-38H,11-14H2,1-2H3. The lowest BCUT2D eigenvalue weighted by atomic mass is 10.0. The monoisotopic (exact) mass is 494 g/mol. The van der Waals surface area contributed by atoms with Crippen LogP contribution in [0.5, 0.6) is 0 Å². The first-order valence-electron chi connectivity index (χ1n) is 13.4. The Morgan fingerprint density at radius 3 is 1.24 bits per heavy atom. The largest absolute Gasteiger partial charge is 0.355 e. The lowest BCUT2D eigenvalue weighted by Crippen LogP contribution is -1.80. The van der Waals surface area contributed by atoms with E-state index in [9.17, 15) is 0 Å². The maximum absolute atomic E-state index is 5.02. The second kappa shape index (κ2) is 9.14. The van der Waals surface area contributed by atoms with E-state index in [1.165, 1.54) is 33.4 Å². The van der Waals surface area contributed by atoms with Crippen molar-refractivity contribution in [3.8, 4) is 22.3 Å². The summed E-state index contributed by atoms with van der Waals surface area (Å²) >= 11 is 0. The summed E-state index contributed by atoms with van der Waals surface area (Å²) in [5.74, 6) is 0. The zero-order valence-corrected chi connectivity index (χ0v) is 21.8. The molecule has 38 heavy (non-hydrogen) atoms. The number of aromatic nitrogens is 4. The zero-order valence-electron chi connectivity index (χ0n) is 21.8. The summed E-state index contributed by atoms with van der Waals surface area (Å²) < 4.78 is 0. The minimum absolute atomic E-state index is 0.937. The Bertz CT molecular complexity index is 1680. The molecule has 2 aliphatic rings. The minimum atomic E-state index is 0.937. The highest BCUT2D eigenvalue weighted by molar-refractivity contribution is 5.87. The number of nitrogens with zero attached hydrogens (tertiary/aromatic N) is 2. The van der Waals surface area contributed by atoms with E-state index < -0.39 is 0 Å². The van der Waals surface area contributed by atoms with Gasteiger partial charge in [-0.1, -0.05) is 59.7 Å². The Balaban J connectivity index is 1.48. The number of nitrogens with one attached hydrogen (secondary N) is 2. The molecular formula is C34H30N4. The third-order valence-electron chi connectivity index (χ3n) is 7.58. The van der Waals surface area contributed by atoms with Crippen LogP contribution >= 0.6 is 0 Å². The molecule has 4 nitrogen and oxygen atoms in total. The molecule has 0 saturated heterocycles. The van der Waals surface area contributed by atoms with Crippen LogP contribution in [0.3, 0.4) is 0 Å². The van der Waals surface area contributed by atoms with Gasteiger partial charge in [-0.25, -0.2) is 0 Å². The van der Waals surface area contributed by atoms with Gasteiger partial charge in [0.25, 0.3) is 0 Å². The zero-order chi connectivity index (χ0) is 25.6. The third kappa shape index (κ3) is 4.43. The Morgan fingerprint density at radius 2 is 0.842 bits per heavy atom. The molecule has 0 amide bonds. The van der Waals surface area contributed by atoms with Crippen LogP contribution in [-0.4, -0.2) is 19.9 Å². The molecule has 0 aliphatic carbocycles. The average Bonchev–Trinajstić information content (AvgIpc) is 3.70. The fourth-order valence-corrected chi connectivity index (χ4v) is 5.53. The van der Waals surface area contributed by atoms with Gasteiger partial charge in [0.15, 0.2) is 0 Å². The summed E-state index contributed by atoms with van der Waals surface area (Å²) in [6.07, 6.45) is 3.75. The quantitative estimate of drug-likeness (QED) is 0.263. The average molecular weight is 495 g/mol. The molecule has 0 unspecified atom stereocenters. The van der Waals surface area contributed by atoms with Gasteiger partial charge in [0.2, 0.25) is 0 Å². The molecule has 0 atom stereocenters. The van der Waals surface area contributed by atoms with Gasteiger partial charge < -0.3 is 9.97 Å². The summed E-state index contributed by atoms with van der Waals surface area (Å²) in [6, 6.07) is 30.8. The highest BCUT2D eigenvalue weighted by Crippen LogP contribution is 2.30. The lowest BCUT2D eigenvalue weighted by Gasteiger charge is -1.99. The number of hydrogen-bond acceptors (Lipinski definition) is 2. The molecule has 0 spiro atoms. The summed E-state index contributed by atoms with van der Waals surface area (Å²) in [5.41, 5.74) is 16.1.